The second-order valence-corrected chi connectivity index (χ2v) is 16.7. The van der Waals surface area contributed by atoms with E-state index in [1.165, 1.54) is 109 Å². The van der Waals surface area contributed by atoms with Gasteiger partial charge in [0.2, 0.25) is 0 Å². The van der Waals surface area contributed by atoms with Crippen LogP contribution in [0.4, 0.5) is 0 Å². The number of allylic oxidation sites excluding steroid dienone is 8. The maximum absolute atomic E-state index is 12.8. The molecule has 59 heavy (non-hydrogen) atoms. The highest BCUT2D eigenvalue weighted by Crippen LogP contribution is 2.14. The van der Waals surface area contributed by atoms with Crippen molar-refractivity contribution >= 4 is 17.9 Å². The van der Waals surface area contributed by atoms with Crippen LogP contribution in [0.5, 0.6) is 0 Å². The molecule has 0 aliphatic carbocycles. The van der Waals surface area contributed by atoms with Gasteiger partial charge in [-0.1, -0.05) is 204 Å². The highest BCUT2D eigenvalue weighted by Gasteiger charge is 2.19. The first-order chi connectivity index (χ1) is 29.0. The van der Waals surface area contributed by atoms with Gasteiger partial charge in [0, 0.05) is 19.3 Å². The highest BCUT2D eigenvalue weighted by atomic mass is 16.6. The molecule has 0 bridgehead atoms. The molecule has 0 amide bonds. The Kier molecular flexibility index (Phi) is 45.9. The maximum atomic E-state index is 12.8. The van der Waals surface area contributed by atoms with E-state index in [0.717, 1.165) is 103 Å². The van der Waals surface area contributed by atoms with Gasteiger partial charge in [-0.2, -0.15) is 0 Å². The van der Waals surface area contributed by atoms with Crippen molar-refractivity contribution in [3.63, 3.8) is 0 Å². The van der Waals surface area contributed by atoms with Crippen molar-refractivity contribution in [2.75, 3.05) is 13.2 Å². The lowest BCUT2D eigenvalue weighted by atomic mass is 10.1. The number of carbonyl (C=O) groups excluding carboxylic acids is 3. The van der Waals surface area contributed by atoms with E-state index in [2.05, 4.69) is 69.4 Å². The number of hydrogen-bond donors (Lipinski definition) is 0. The summed E-state index contributed by atoms with van der Waals surface area (Å²) in [5.74, 6) is -0.906. The minimum absolute atomic E-state index is 0.0816. The number of esters is 3. The maximum Gasteiger partial charge on any atom is 0.306 e. The summed E-state index contributed by atoms with van der Waals surface area (Å²) in [6, 6.07) is 0. The minimum Gasteiger partial charge on any atom is -0.462 e. The fourth-order valence-corrected chi connectivity index (χ4v) is 6.96. The van der Waals surface area contributed by atoms with Gasteiger partial charge in [-0.15, -0.1) is 0 Å². The molecule has 0 saturated heterocycles. The first kappa shape index (κ1) is 56.4. The Bertz CT molecular complexity index is 1040. The Morgan fingerprint density at radius 3 is 1.00 bits per heavy atom. The highest BCUT2D eigenvalue weighted by molar-refractivity contribution is 5.71. The van der Waals surface area contributed by atoms with E-state index >= 15 is 0 Å². The van der Waals surface area contributed by atoms with Gasteiger partial charge in [0.05, 0.1) is 0 Å². The second-order valence-electron chi connectivity index (χ2n) is 16.7. The first-order valence-electron chi connectivity index (χ1n) is 25.1. The van der Waals surface area contributed by atoms with Crippen LogP contribution in [0.15, 0.2) is 48.6 Å². The lowest BCUT2D eigenvalue weighted by molar-refractivity contribution is -0.167. The fourth-order valence-electron chi connectivity index (χ4n) is 6.96. The van der Waals surface area contributed by atoms with Gasteiger partial charge in [0.1, 0.15) is 13.2 Å². The molecule has 0 aromatic heterocycles. The minimum atomic E-state index is -0.782. The number of ether oxygens (including phenoxy) is 3. The first-order valence-corrected chi connectivity index (χ1v) is 25.1. The van der Waals surface area contributed by atoms with Crippen molar-refractivity contribution in [2.45, 2.75) is 258 Å². The van der Waals surface area contributed by atoms with E-state index < -0.39 is 6.10 Å². The molecule has 0 radical (unpaired) electrons. The van der Waals surface area contributed by atoms with Crippen LogP contribution in [0.2, 0.25) is 0 Å². The van der Waals surface area contributed by atoms with E-state index in [1.807, 2.05) is 0 Å². The Balaban J connectivity index is 4.40. The zero-order valence-corrected chi connectivity index (χ0v) is 39.0. The van der Waals surface area contributed by atoms with E-state index in [0.29, 0.717) is 19.3 Å². The molecule has 342 valence electrons. The normalized spacial score (nSPS) is 12.4. The van der Waals surface area contributed by atoms with Gasteiger partial charge in [-0.05, 0) is 77.0 Å². The van der Waals surface area contributed by atoms with E-state index in [-0.39, 0.29) is 31.1 Å². The Labute approximate surface area is 365 Å². The van der Waals surface area contributed by atoms with Gasteiger partial charge in [-0.3, -0.25) is 14.4 Å². The largest absolute Gasteiger partial charge is 0.462 e. The van der Waals surface area contributed by atoms with Crippen molar-refractivity contribution in [1.29, 1.82) is 0 Å². The molecule has 0 aromatic carbocycles. The summed E-state index contributed by atoms with van der Waals surface area (Å²) >= 11 is 0. The molecule has 0 spiro atoms. The van der Waals surface area contributed by atoms with Crippen LogP contribution >= 0.6 is 0 Å². The summed E-state index contributed by atoms with van der Waals surface area (Å²) in [5.41, 5.74) is 0. The Morgan fingerprint density at radius 2 is 0.627 bits per heavy atom. The molecular formula is C53H94O6. The molecular weight excluding hydrogens is 733 g/mol. The Hall–Kier alpha value is -2.63. The molecule has 0 aliphatic heterocycles. The van der Waals surface area contributed by atoms with Crippen LogP contribution < -0.4 is 0 Å². The molecule has 6 nitrogen and oxygen atoms in total. The average molecular weight is 827 g/mol. The summed E-state index contributed by atoms with van der Waals surface area (Å²) in [7, 11) is 0. The number of carbonyl (C=O) groups is 3. The SMILES string of the molecule is CCCC/C=C\C/C=C\CCCCCCCC(=O)OC(COC(=O)CCCCCCC/C=C\C/C=C\CCCCCC)COC(=O)CCCCCCCCCCCCC. The van der Waals surface area contributed by atoms with Gasteiger partial charge in [0.15, 0.2) is 6.10 Å². The third kappa shape index (κ3) is 46.3. The van der Waals surface area contributed by atoms with E-state index in [9.17, 15) is 14.4 Å². The lowest BCUT2D eigenvalue weighted by Gasteiger charge is -2.18. The smallest absolute Gasteiger partial charge is 0.306 e. The fraction of sp³-hybridized carbons (Fsp3) is 0.792. The molecule has 1 unspecified atom stereocenters. The van der Waals surface area contributed by atoms with Crippen molar-refractivity contribution in [3.8, 4) is 0 Å². The lowest BCUT2D eigenvalue weighted by Crippen LogP contribution is -2.30. The predicted octanol–water partition coefficient (Wildman–Crippen LogP) is 16.3. The molecule has 0 N–H and O–H groups in total. The van der Waals surface area contributed by atoms with Gasteiger partial charge < -0.3 is 14.2 Å². The molecule has 0 fully saturated rings. The molecule has 0 aromatic rings. The van der Waals surface area contributed by atoms with Gasteiger partial charge in [-0.25, -0.2) is 0 Å². The molecule has 0 heterocycles. The van der Waals surface area contributed by atoms with Crippen molar-refractivity contribution < 1.29 is 28.6 Å². The number of unbranched alkanes of at least 4 members (excludes halogenated alkanes) is 26. The standard InChI is InChI=1S/C53H94O6/c1-4-7-10-13-16-19-22-24-26-27-29-31-34-37-40-43-46-52(55)58-49-50(48-57-51(54)45-42-39-36-33-30-21-18-15-12-9-6-3)59-53(56)47-44-41-38-35-32-28-25-23-20-17-14-11-8-5-2/h14,17,19,22-23,25-27,50H,4-13,15-16,18,20-21,24,28-49H2,1-3H3/b17-14-,22-19-,25-23-,27-26-. The average Bonchev–Trinajstić information content (AvgIpc) is 3.23. The summed E-state index contributed by atoms with van der Waals surface area (Å²) in [6.45, 7) is 6.55. The molecule has 0 rings (SSSR count). The predicted molar refractivity (Wildman–Crippen MR) is 252 cm³/mol. The monoisotopic (exact) mass is 827 g/mol. The Morgan fingerprint density at radius 1 is 0.339 bits per heavy atom. The number of hydrogen-bond acceptors (Lipinski definition) is 6. The topological polar surface area (TPSA) is 78.9 Å². The summed E-state index contributed by atoms with van der Waals surface area (Å²) in [4.78, 5) is 37.9. The molecule has 0 aliphatic rings. The van der Waals surface area contributed by atoms with Crippen molar-refractivity contribution in [1.82, 2.24) is 0 Å². The van der Waals surface area contributed by atoms with E-state index in [4.69, 9.17) is 14.2 Å². The third-order valence-corrected chi connectivity index (χ3v) is 10.8. The van der Waals surface area contributed by atoms with E-state index in [1.54, 1.807) is 0 Å². The molecule has 6 heteroatoms. The zero-order chi connectivity index (χ0) is 43.0. The number of rotatable bonds is 45. The summed E-state index contributed by atoms with van der Waals surface area (Å²) in [6.07, 6.45) is 56.6. The zero-order valence-electron chi connectivity index (χ0n) is 39.0. The second kappa shape index (κ2) is 48.0. The molecule has 1 atom stereocenters. The van der Waals surface area contributed by atoms with Crippen LogP contribution in [0, 0.1) is 0 Å². The van der Waals surface area contributed by atoms with Crippen LogP contribution in [0.25, 0.3) is 0 Å². The summed E-state index contributed by atoms with van der Waals surface area (Å²) in [5, 5.41) is 0. The van der Waals surface area contributed by atoms with Crippen molar-refractivity contribution in [2.24, 2.45) is 0 Å². The molecule has 0 saturated carbocycles. The van der Waals surface area contributed by atoms with Crippen LogP contribution in [0.3, 0.4) is 0 Å². The van der Waals surface area contributed by atoms with Gasteiger partial charge >= 0.3 is 17.9 Å². The van der Waals surface area contributed by atoms with Crippen LogP contribution in [-0.2, 0) is 28.6 Å². The van der Waals surface area contributed by atoms with Gasteiger partial charge in [0.25, 0.3) is 0 Å². The quantitative estimate of drug-likeness (QED) is 0.0263. The summed E-state index contributed by atoms with van der Waals surface area (Å²) < 4.78 is 16.7. The third-order valence-electron chi connectivity index (χ3n) is 10.8. The van der Waals surface area contributed by atoms with Crippen molar-refractivity contribution in [3.05, 3.63) is 48.6 Å². The van der Waals surface area contributed by atoms with Crippen LogP contribution in [-0.4, -0.2) is 37.2 Å². The van der Waals surface area contributed by atoms with Crippen LogP contribution in [0.1, 0.15) is 252 Å².